The molecule has 1 atom stereocenters. The van der Waals surface area contributed by atoms with Crippen molar-refractivity contribution in [2.75, 3.05) is 0 Å². The fourth-order valence-electron chi connectivity index (χ4n) is 2.96. The van der Waals surface area contributed by atoms with E-state index < -0.39 is 0 Å². The molecule has 1 N–H and O–H groups in total. The first-order chi connectivity index (χ1) is 10.9. The zero-order valence-electron chi connectivity index (χ0n) is 13.8. The van der Waals surface area contributed by atoms with Crippen LogP contribution in [0.5, 0.6) is 0 Å². The lowest BCUT2D eigenvalue weighted by atomic mass is 10.0. The molecule has 0 radical (unpaired) electrons. The second-order valence-corrected chi connectivity index (χ2v) is 7.46. The summed E-state index contributed by atoms with van der Waals surface area (Å²) in [5.41, 5.74) is 2.68. The Morgan fingerprint density at radius 1 is 1.39 bits per heavy atom. The average molecular weight is 331 g/mol. The summed E-state index contributed by atoms with van der Waals surface area (Å²) >= 11 is 1.48. The van der Waals surface area contributed by atoms with Crippen molar-refractivity contribution in [2.45, 2.75) is 57.0 Å². The third kappa shape index (κ3) is 3.00. The van der Waals surface area contributed by atoms with Crippen LogP contribution in [0.3, 0.4) is 0 Å². The van der Waals surface area contributed by atoms with Gasteiger partial charge in [-0.05, 0) is 46.1 Å². The highest BCUT2D eigenvalue weighted by molar-refractivity contribution is 8.00. The molecule has 5 nitrogen and oxygen atoms in total. The number of imidazole rings is 1. The molecule has 0 aliphatic heterocycles. The van der Waals surface area contributed by atoms with E-state index in [9.17, 15) is 9.59 Å². The molecule has 2 aromatic heterocycles. The quantitative estimate of drug-likeness (QED) is 0.647. The summed E-state index contributed by atoms with van der Waals surface area (Å²) in [4.78, 5) is 32.0. The van der Waals surface area contributed by atoms with E-state index in [0.717, 1.165) is 16.4 Å². The van der Waals surface area contributed by atoms with Gasteiger partial charge in [-0.2, -0.15) is 0 Å². The molecule has 122 valence electrons. The number of thioether (sulfide) groups is 1. The summed E-state index contributed by atoms with van der Waals surface area (Å²) in [6.07, 6.45) is 6.14. The van der Waals surface area contributed by atoms with Gasteiger partial charge in [0.25, 0.3) is 0 Å². The molecule has 0 amide bonds. The number of aryl methyl sites for hydroxylation is 1. The van der Waals surface area contributed by atoms with E-state index in [2.05, 4.69) is 14.5 Å². The van der Waals surface area contributed by atoms with Gasteiger partial charge in [0.15, 0.2) is 16.7 Å². The van der Waals surface area contributed by atoms with Crippen molar-refractivity contribution >= 4 is 23.3 Å². The predicted octanol–water partition coefficient (Wildman–Crippen LogP) is 3.73. The smallest absolute Gasteiger partial charge is 0.192 e. The highest BCUT2D eigenvalue weighted by Crippen LogP contribution is 2.38. The van der Waals surface area contributed by atoms with E-state index in [1.165, 1.54) is 31.5 Å². The van der Waals surface area contributed by atoms with Crippen LogP contribution < -0.4 is 0 Å². The van der Waals surface area contributed by atoms with Crippen molar-refractivity contribution in [3.8, 4) is 0 Å². The van der Waals surface area contributed by atoms with Crippen molar-refractivity contribution in [2.24, 2.45) is 0 Å². The normalized spacial score (nSPS) is 15.7. The molecule has 3 rings (SSSR count). The minimum absolute atomic E-state index is 0.00782. The molecule has 1 fully saturated rings. The van der Waals surface area contributed by atoms with E-state index in [4.69, 9.17) is 0 Å². The number of aromatic nitrogens is 3. The van der Waals surface area contributed by atoms with E-state index in [1.807, 2.05) is 27.0 Å². The predicted molar refractivity (Wildman–Crippen MR) is 90.4 cm³/mol. The molecule has 0 saturated heterocycles. The third-order valence-electron chi connectivity index (χ3n) is 4.26. The molecule has 1 aliphatic carbocycles. The zero-order chi connectivity index (χ0) is 16.7. The molecule has 1 aliphatic rings. The number of nitrogens with one attached hydrogen (secondary N) is 1. The van der Waals surface area contributed by atoms with Gasteiger partial charge in [-0.25, -0.2) is 4.98 Å². The molecule has 1 unspecified atom stereocenters. The van der Waals surface area contributed by atoms with E-state index in [0.29, 0.717) is 17.3 Å². The van der Waals surface area contributed by atoms with Gasteiger partial charge in [-0.1, -0.05) is 11.8 Å². The molecular weight excluding hydrogens is 310 g/mol. The molecule has 0 bridgehead atoms. The van der Waals surface area contributed by atoms with Crippen LogP contribution in [0, 0.1) is 13.8 Å². The maximum absolute atomic E-state index is 12.8. The van der Waals surface area contributed by atoms with Crippen LogP contribution in [0.1, 0.15) is 64.8 Å². The maximum atomic E-state index is 12.8. The Morgan fingerprint density at radius 2 is 2.09 bits per heavy atom. The van der Waals surface area contributed by atoms with Gasteiger partial charge in [-0.3, -0.25) is 9.59 Å². The first kappa shape index (κ1) is 16.1. The number of carbonyl (C=O) groups is 2. The molecule has 0 aromatic carbocycles. The first-order valence-electron chi connectivity index (χ1n) is 7.84. The molecule has 2 aromatic rings. The Bertz CT molecular complexity index is 771. The number of carbonyl (C=O) groups excluding carboxylic acids is 2. The van der Waals surface area contributed by atoms with Gasteiger partial charge in [-0.15, -0.1) is 0 Å². The number of rotatable bonds is 6. The number of Topliss-reactive ketones (excluding diaryl/α,β-unsaturated/α-hetero) is 2. The van der Waals surface area contributed by atoms with Crippen LogP contribution in [0.2, 0.25) is 0 Å². The lowest BCUT2D eigenvalue weighted by Crippen LogP contribution is -2.16. The van der Waals surface area contributed by atoms with Crippen molar-refractivity contribution in [3.63, 3.8) is 0 Å². The minimum atomic E-state index is -0.258. The van der Waals surface area contributed by atoms with Gasteiger partial charge in [0, 0.05) is 29.7 Å². The summed E-state index contributed by atoms with van der Waals surface area (Å²) in [6, 6.07) is 0.543. The largest absolute Gasteiger partial charge is 0.355 e. The van der Waals surface area contributed by atoms with E-state index in [1.54, 1.807) is 6.20 Å². The second-order valence-electron chi connectivity index (χ2n) is 6.15. The zero-order valence-corrected chi connectivity index (χ0v) is 14.7. The summed E-state index contributed by atoms with van der Waals surface area (Å²) < 4.78 is 2.16. The van der Waals surface area contributed by atoms with Crippen molar-refractivity contribution in [1.82, 2.24) is 14.5 Å². The Labute approximate surface area is 139 Å². The van der Waals surface area contributed by atoms with Gasteiger partial charge in [0.1, 0.15) is 0 Å². The molecular formula is C17H21N3O2S. The highest BCUT2D eigenvalue weighted by atomic mass is 32.2. The lowest BCUT2D eigenvalue weighted by molar-refractivity contribution is 0.0988. The van der Waals surface area contributed by atoms with Crippen LogP contribution in [-0.2, 0) is 0 Å². The topological polar surface area (TPSA) is 67.8 Å². The number of ketones is 2. The van der Waals surface area contributed by atoms with Crippen LogP contribution >= 0.6 is 11.8 Å². The number of hydrogen-bond acceptors (Lipinski definition) is 4. The Balaban J connectivity index is 1.81. The number of hydrogen-bond donors (Lipinski definition) is 1. The molecule has 0 spiro atoms. The Kier molecular flexibility index (Phi) is 4.19. The first-order valence-corrected chi connectivity index (χ1v) is 8.72. The third-order valence-corrected chi connectivity index (χ3v) is 5.36. The highest BCUT2D eigenvalue weighted by Gasteiger charge is 2.29. The Hall–Kier alpha value is -1.82. The lowest BCUT2D eigenvalue weighted by Gasteiger charge is -2.11. The Morgan fingerprint density at radius 3 is 2.65 bits per heavy atom. The maximum Gasteiger partial charge on any atom is 0.192 e. The van der Waals surface area contributed by atoms with Crippen molar-refractivity contribution in [3.05, 3.63) is 34.9 Å². The minimum Gasteiger partial charge on any atom is -0.355 e. The molecule has 23 heavy (non-hydrogen) atoms. The number of H-pyrrole nitrogens is 1. The average Bonchev–Trinajstić information content (AvgIpc) is 3.15. The second kappa shape index (κ2) is 6.00. The van der Waals surface area contributed by atoms with Gasteiger partial charge < -0.3 is 9.55 Å². The number of aromatic amines is 1. The van der Waals surface area contributed by atoms with Crippen LogP contribution in [0.4, 0.5) is 0 Å². The summed E-state index contributed by atoms with van der Waals surface area (Å²) in [6.45, 7) is 7.08. The van der Waals surface area contributed by atoms with Crippen LogP contribution in [-0.4, -0.2) is 31.4 Å². The standard InChI is InChI=1S/C17H21N3O2S/c1-9-14(11(3)21)10(2)19-15(9)16(22)12(4)23-17-18-7-8-20(17)13-5-6-13/h7-8,12-13,19H,5-6H2,1-4H3. The fourth-order valence-corrected chi connectivity index (χ4v) is 3.96. The number of nitrogens with zero attached hydrogens (tertiary/aromatic N) is 2. The van der Waals surface area contributed by atoms with Gasteiger partial charge >= 0.3 is 0 Å². The summed E-state index contributed by atoms with van der Waals surface area (Å²) in [5, 5.41) is 0.632. The monoisotopic (exact) mass is 331 g/mol. The molecule has 2 heterocycles. The SMILES string of the molecule is CC(=O)c1c(C)[nH]c(C(=O)C(C)Sc2nccn2C2CC2)c1C. The van der Waals surface area contributed by atoms with E-state index >= 15 is 0 Å². The summed E-state index contributed by atoms with van der Waals surface area (Å²) in [5.74, 6) is -0.00618. The van der Waals surface area contributed by atoms with Crippen molar-refractivity contribution < 1.29 is 9.59 Å². The fraction of sp³-hybridized carbons (Fsp3) is 0.471. The van der Waals surface area contributed by atoms with Gasteiger partial charge in [0.2, 0.25) is 0 Å². The van der Waals surface area contributed by atoms with E-state index in [-0.39, 0.29) is 16.8 Å². The van der Waals surface area contributed by atoms with Gasteiger partial charge in [0.05, 0.1) is 10.9 Å². The molecule has 1 saturated carbocycles. The summed E-state index contributed by atoms with van der Waals surface area (Å²) in [7, 11) is 0. The van der Waals surface area contributed by atoms with Crippen LogP contribution in [0.25, 0.3) is 0 Å². The van der Waals surface area contributed by atoms with Crippen molar-refractivity contribution in [1.29, 1.82) is 0 Å². The molecule has 6 heteroatoms. The van der Waals surface area contributed by atoms with Crippen LogP contribution in [0.15, 0.2) is 17.6 Å².